The van der Waals surface area contributed by atoms with Crippen LogP contribution in [0.15, 0.2) is 78.9 Å². The van der Waals surface area contributed by atoms with Crippen molar-refractivity contribution in [3.63, 3.8) is 0 Å². The second-order valence-corrected chi connectivity index (χ2v) is 6.70. The van der Waals surface area contributed by atoms with E-state index in [9.17, 15) is 5.26 Å². The van der Waals surface area contributed by atoms with Crippen LogP contribution in [0.5, 0.6) is 5.75 Å². The maximum Gasteiger partial charge on any atom is 0.119 e. The minimum Gasteiger partial charge on any atom is -0.497 e. The Morgan fingerprint density at radius 2 is 1.63 bits per heavy atom. The van der Waals surface area contributed by atoms with Gasteiger partial charge in [0.15, 0.2) is 0 Å². The predicted octanol–water partition coefficient (Wildman–Crippen LogP) is 5.88. The summed E-state index contributed by atoms with van der Waals surface area (Å²) in [5.41, 5.74) is 2.95. The van der Waals surface area contributed by atoms with Crippen molar-refractivity contribution in [2.24, 2.45) is 5.92 Å². The lowest BCUT2D eigenvalue weighted by Gasteiger charge is -2.26. The second-order valence-electron chi connectivity index (χ2n) is 6.30. The topological polar surface area (TPSA) is 45.0 Å². The van der Waals surface area contributed by atoms with Gasteiger partial charge >= 0.3 is 0 Å². The van der Waals surface area contributed by atoms with E-state index in [0.717, 1.165) is 22.6 Å². The molecule has 3 aromatic rings. The molecule has 136 valence electrons. The number of hydrogen-bond acceptors (Lipinski definition) is 3. The molecule has 0 aliphatic rings. The van der Waals surface area contributed by atoms with Crippen LogP contribution in [-0.4, -0.2) is 7.11 Å². The van der Waals surface area contributed by atoms with Gasteiger partial charge in [-0.2, -0.15) is 5.26 Å². The van der Waals surface area contributed by atoms with Crippen molar-refractivity contribution in [2.75, 3.05) is 12.4 Å². The molecule has 0 bridgehead atoms. The van der Waals surface area contributed by atoms with Gasteiger partial charge < -0.3 is 10.1 Å². The van der Waals surface area contributed by atoms with Gasteiger partial charge in [0.2, 0.25) is 0 Å². The van der Waals surface area contributed by atoms with E-state index < -0.39 is 0 Å². The third-order valence-corrected chi connectivity index (χ3v) is 4.86. The van der Waals surface area contributed by atoms with Crippen LogP contribution >= 0.6 is 11.6 Å². The van der Waals surface area contributed by atoms with E-state index >= 15 is 0 Å². The summed E-state index contributed by atoms with van der Waals surface area (Å²) < 4.78 is 5.22. The molecule has 3 nitrogen and oxygen atoms in total. The number of ether oxygens (including phenoxy) is 1. The van der Waals surface area contributed by atoms with E-state index in [1.807, 2.05) is 78.9 Å². The lowest BCUT2D eigenvalue weighted by molar-refractivity contribution is 0.415. The number of rotatable bonds is 7. The highest BCUT2D eigenvalue weighted by molar-refractivity contribution is 6.31. The van der Waals surface area contributed by atoms with E-state index in [0.29, 0.717) is 11.4 Å². The first-order valence-electron chi connectivity index (χ1n) is 8.80. The van der Waals surface area contributed by atoms with E-state index in [1.54, 1.807) is 7.11 Å². The van der Waals surface area contributed by atoms with E-state index in [2.05, 4.69) is 11.4 Å². The Morgan fingerprint density at radius 3 is 2.26 bits per heavy atom. The molecule has 0 radical (unpaired) electrons. The molecule has 1 N–H and O–H groups in total. The summed E-state index contributed by atoms with van der Waals surface area (Å²) in [6.45, 7) is 0. The van der Waals surface area contributed by atoms with Crippen LogP contribution in [0, 0.1) is 17.2 Å². The highest BCUT2D eigenvalue weighted by atomic mass is 35.5. The van der Waals surface area contributed by atoms with E-state index in [-0.39, 0.29) is 12.0 Å². The molecule has 3 aromatic carbocycles. The average molecular weight is 377 g/mol. The van der Waals surface area contributed by atoms with Gasteiger partial charge in [0, 0.05) is 10.7 Å². The number of nitrogens with zero attached hydrogens (tertiary/aromatic N) is 1. The normalized spacial score (nSPS) is 12.6. The molecule has 0 amide bonds. The Labute approximate surface area is 165 Å². The Kier molecular flexibility index (Phi) is 6.35. The molecule has 0 saturated heterocycles. The number of halogens is 1. The van der Waals surface area contributed by atoms with E-state index in [1.165, 1.54) is 0 Å². The van der Waals surface area contributed by atoms with Gasteiger partial charge in [-0.25, -0.2) is 0 Å². The summed E-state index contributed by atoms with van der Waals surface area (Å²) in [4.78, 5) is 0. The fourth-order valence-electron chi connectivity index (χ4n) is 3.10. The van der Waals surface area contributed by atoms with Crippen molar-refractivity contribution in [3.8, 4) is 11.8 Å². The van der Waals surface area contributed by atoms with Crippen LogP contribution in [0.25, 0.3) is 0 Å². The smallest absolute Gasteiger partial charge is 0.119 e. The second kappa shape index (κ2) is 9.12. The molecule has 4 heteroatoms. The molecule has 27 heavy (non-hydrogen) atoms. The first-order chi connectivity index (χ1) is 13.2. The number of methoxy groups -OCH3 is 1. The van der Waals surface area contributed by atoms with Crippen molar-refractivity contribution < 1.29 is 4.74 Å². The first-order valence-corrected chi connectivity index (χ1v) is 9.17. The van der Waals surface area contributed by atoms with Crippen LogP contribution in [0.3, 0.4) is 0 Å². The quantitative estimate of drug-likeness (QED) is 0.559. The summed E-state index contributed by atoms with van der Waals surface area (Å²) in [6.07, 6.45) is 0.635. The molecule has 0 aromatic heterocycles. The third kappa shape index (κ3) is 4.81. The average Bonchev–Trinajstić information content (AvgIpc) is 2.72. The zero-order valence-corrected chi connectivity index (χ0v) is 15.9. The van der Waals surface area contributed by atoms with Crippen molar-refractivity contribution >= 4 is 17.3 Å². The largest absolute Gasteiger partial charge is 0.497 e. The fraction of sp³-hybridized carbons (Fsp3) is 0.174. The summed E-state index contributed by atoms with van der Waals surface area (Å²) in [7, 11) is 1.64. The van der Waals surface area contributed by atoms with Gasteiger partial charge in [0.1, 0.15) is 5.75 Å². The number of nitriles is 1. The number of hydrogen-bond donors (Lipinski definition) is 1. The Morgan fingerprint density at radius 1 is 0.963 bits per heavy atom. The van der Waals surface area contributed by atoms with Crippen molar-refractivity contribution in [1.82, 2.24) is 0 Å². The van der Waals surface area contributed by atoms with Crippen LogP contribution in [0.4, 0.5) is 5.69 Å². The van der Waals surface area contributed by atoms with Crippen molar-refractivity contribution in [1.29, 1.82) is 5.26 Å². The summed E-state index contributed by atoms with van der Waals surface area (Å²) in [6, 6.07) is 27.6. The predicted molar refractivity (Wildman–Crippen MR) is 110 cm³/mol. The summed E-state index contributed by atoms with van der Waals surface area (Å²) in [5.74, 6) is 0.505. The SMILES string of the molecule is COc1ccc(N[C@H](c2ccccc2Cl)[C@@H](C#N)Cc2ccccc2)cc1. The van der Waals surface area contributed by atoms with Crippen LogP contribution < -0.4 is 10.1 Å². The lowest BCUT2D eigenvalue weighted by Crippen LogP contribution is -2.22. The van der Waals surface area contributed by atoms with Crippen molar-refractivity contribution in [3.05, 3.63) is 95.0 Å². The molecule has 3 rings (SSSR count). The molecular formula is C23H21ClN2O. The first kappa shape index (κ1) is 18.8. The van der Waals surface area contributed by atoms with Gasteiger partial charge in [0.05, 0.1) is 25.1 Å². The van der Waals surface area contributed by atoms with Crippen LogP contribution in [0.2, 0.25) is 5.02 Å². The molecule has 0 aliphatic carbocycles. The highest BCUT2D eigenvalue weighted by Gasteiger charge is 2.25. The Bertz CT molecular complexity index is 904. The minimum atomic E-state index is -0.283. The molecule has 0 unspecified atom stereocenters. The van der Waals surface area contributed by atoms with Crippen LogP contribution in [-0.2, 0) is 6.42 Å². The zero-order chi connectivity index (χ0) is 19.1. The minimum absolute atomic E-state index is 0.239. The maximum atomic E-state index is 9.92. The molecule has 2 atom stereocenters. The maximum absolute atomic E-state index is 9.92. The van der Waals surface area contributed by atoms with Gasteiger partial charge in [-0.1, -0.05) is 60.1 Å². The van der Waals surface area contributed by atoms with Gasteiger partial charge in [-0.05, 0) is 47.9 Å². The molecule has 0 saturated carbocycles. The van der Waals surface area contributed by atoms with E-state index in [4.69, 9.17) is 16.3 Å². The molecule has 0 spiro atoms. The summed E-state index contributed by atoms with van der Waals surface area (Å²) >= 11 is 6.47. The zero-order valence-electron chi connectivity index (χ0n) is 15.1. The highest BCUT2D eigenvalue weighted by Crippen LogP contribution is 2.33. The molecule has 0 aliphatic heterocycles. The van der Waals surface area contributed by atoms with Gasteiger partial charge in [0.25, 0.3) is 0 Å². The van der Waals surface area contributed by atoms with Gasteiger partial charge in [-0.15, -0.1) is 0 Å². The number of anilines is 1. The summed E-state index contributed by atoms with van der Waals surface area (Å²) in [5, 5.41) is 14.1. The van der Waals surface area contributed by atoms with Gasteiger partial charge in [-0.3, -0.25) is 0 Å². The monoisotopic (exact) mass is 376 g/mol. The molecular weight excluding hydrogens is 356 g/mol. The Hall–Kier alpha value is -2.96. The van der Waals surface area contributed by atoms with Crippen LogP contribution in [0.1, 0.15) is 17.2 Å². The Balaban J connectivity index is 1.93. The number of benzene rings is 3. The lowest BCUT2D eigenvalue weighted by atomic mass is 9.88. The molecule has 0 heterocycles. The fourth-order valence-corrected chi connectivity index (χ4v) is 3.35. The number of nitrogens with one attached hydrogen (secondary N) is 1. The third-order valence-electron chi connectivity index (χ3n) is 4.52. The van der Waals surface area contributed by atoms with Crippen molar-refractivity contribution in [2.45, 2.75) is 12.5 Å². The standard InChI is InChI=1S/C23H21ClN2O/c1-27-20-13-11-19(12-14-20)26-23(21-9-5-6-10-22(21)24)18(16-25)15-17-7-3-2-4-8-17/h2-14,18,23,26H,15H2,1H3/t18-,23+/m1/s1. The molecule has 0 fully saturated rings.